The highest BCUT2D eigenvalue weighted by Crippen LogP contribution is 2.27. The molecule has 2 aromatic carbocycles. The Morgan fingerprint density at radius 2 is 1.17 bits per heavy atom. The van der Waals surface area contributed by atoms with Crippen LogP contribution in [0.5, 0.6) is 11.5 Å². The van der Waals surface area contributed by atoms with E-state index < -0.39 is 12.2 Å². The molecule has 29 heavy (non-hydrogen) atoms. The number of amides is 2. The molecular formula is C21H26N2O6. The Labute approximate surface area is 169 Å². The number of carbonyl (C=O) groups is 2. The van der Waals surface area contributed by atoms with E-state index in [0.29, 0.717) is 30.6 Å². The summed E-state index contributed by atoms with van der Waals surface area (Å²) in [7, 11) is 2.78. The Hall–Kier alpha value is -3.10. The van der Waals surface area contributed by atoms with Crippen molar-refractivity contribution in [3.63, 3.8) is 0 Å². The lowest BCUT2D eigenvalue weighted by Gasteiger charge is -2.18. The zero-order valence-electron chi connectivity index (χ0n) is 16.4. The van der Waals surface area contributed by atoms with Gasteiger partial charge < -0.3 is 30.3 Å². The molecule has 8 heteroatoms. The lowest BCUT2D eigenvalue weighted by atomic mass is 10.1. The third-order valence-corrected chi connectivity index (χ3v) is 4.34. The molecule has 2 atom stereocenters. The standard InChI is InChI=1S/C21H26N2O6/c1-28-18(14-8-3-5-10-16(14)24)20(26)22-12-7-13-23-21(27)19(29-2)15-9-4-6-11-17(15)25/h3-6,8-11,18-19,24-25H,7,12-13H2,1-2H3,(H,22,26)(H,23,27). The quantitative estimate of drug-likeness (QED) is 0.450. The normalized spacial score (nSPS) is 12.8. The summed E-state index contributed by atoms with van der Waals surface area (Å²) in [5.74, 6) is -0.804. The molecule has 0 radical (unpaired) electrons. The van der Waals surface area contributed by atoms with Crippen molar-refractivity contribution in [2.24, 2.45) is 0 Å². The molecule has 2 unspecified atom stereocenters. The van der Waals surface area contributed by atoms with Crippen molar-refractivity contribution in [1.29, 1.82) is 0 Å². The van der Waals surface area contributed by atoms with Crippen molar-refractivity contribution in [1.82, 2.24) is 10.6 Å². The maximum absolute atomic E-state index is 12.3. The van der Waals surface area contributed by atoms with Gasteiger partial charge in [0.2, 0.25) is 0 Å². The van der Waals surface area contributed by atoms with Gasteiger partial charge in [0, 0.05) is 38.4 Å². The number of aromatic hydroxyl groups is 2. The van der Waals surface area contributed by atoms with Gasteiger partial charge in [0.15, 0.2) is 12.2 Å². The number of benzene rings is 2. The van der Waals surface area contributed by atoms with E-state index in [2.05, 4.69) is 10.6 Å². The van der Waals surface area contributed by atoms with Gasteiger partial charge in [0.1, 0.15) is 11.5 Å². The van der Waals surface area contributed by atoms with Crippen LogP contribution in [-0.2, 0) is 19.1 Å². The van der Waals surface area contributed by atoms with Crippen LogP contribution in [0.4, 0.5) is 0 Å². The SMILES string of the molecule is COC(C(=O)NCCCNC(=O)C(OC)c1ccccc1O)c1ccccc1O. The predicted molar refractivity (Wildman–Crippen MR) is 106 cm³/mol. The van der Waals surface area contributed by atoms with Gasteiger partial charge in [-0.15, -0.1) is 0 Å². The minimum absolute atomic E-state index is 0.0171. The van der Waals surface area contributed by atoms with Crippen LogP contribution in [0.1, 0.15) is 29.8 Å². The molecule has 0 saturated heterocycles. The van der Waals surface area contributed by atoms with Gasteiger partial charge in [-0.05, 0) is 18.6 Å². The molecule has 2 amide bonds. The highest BCUT2D eigenvalue weighted by molar-refractivity contribution is 5.83. The maximum Gasteiger partial charge on any atom is 0.253 e. The second-order valence-corrected chi connectivity index (χ2v) is 6.28. The summed E-state index contributed by atoms with van der Waals surface area (Å²) in [5, 5.41) is 25.2. The molecule has 2 rings (SSSR count). The molecule has 156 valence electrons. The van der Waals surface area contributed by atoms with Crippen molar-refractivity contribution in [3.8, 4) is 11.5 Å². The summed E-state index contributed by atoms with van der Waals surface area (Å²) in [6, 6.07) is 13.0. The van der Waals surface area contributed by atoms with Gasteiger partial charge in [-0.3, -0.25) is 9.59 Å². The highest BCUT2D eigenvalue weighted by atomic mass is 16.5. The largest absolute Gasteiger partial charge is 0.508 e. The average molecular weight is 402 g/mol. The Morgan fingerprint density at radius 1 is 0.793 bits per heavy atom. The number of rotatable bonds is 10. The third kappa shape index (κ3) is 5.94. The fourth-order valence-electron chi connectivity index (χ4n) is 2.87. The van der Waals surface area contributed by atoms with E-state index in [1.54, 1.807) is 36.4 Å². The van der Waals surface area contributed by atoms with Crippen LogP contribution in [0.15, 0.2) is 48.5 Å². The zero-order chi connectivity index (χ0) is 21.2. The maximum atomic E-state index is 12.3. The minimum Gasteiger partial charge on any atom is -0.508 e. The average Bonchev–Trinajstić information content (AvgIpc) is 2.71. The zero-order valence-corrected chi connectivity index (χ0v) is 16.4. The first-order valence-corrected chi connectivity index (χ1v) is 9.16. The number of phenolic OH excluding ortho intramolecular Hbond substituents is 2. The fraction of sp³-hybridized carbons (Fsp3) is 0.333. The van der Waals surface area contributed by atoms with Crippen LogP contribution in [0.25, 0.3) is 0 Å². The number of methoxy groups -OCH3 is 2. The van der Waals surface area contributed by atoms with E-state index in [0.717, 1.165) is 0 Å². The molecule has 4 N–H and O–H groups in total. The van der Waals surface area contributed by atoms with Gasteiger partial charge in [-0.2, -0.15) is 0 Å². The first kappa shape index (κ1) is 22.2. The summed E-state index contributed by atoms with van der Waals surface area (Å²) in [6.45, 7) is 0.613. The van der Waals surface area contributed by atoms with Crippen molar-refractivity contribution in [2.45, 2.75) is 18.6 Å². The molecule has 8 nitrogen and oxygen atoms in total. The molecule has 0 aliphatic carbocycles. The molecule has 0 aliphatic heterocycles. The summed E-state index contributed by atoms with van der Waals surface area (Å²) in [4.78, 5) is 24.6. The predicted octanol–water partition coefficient (Wildman–Crippen LogP) is 1.80. The first-order valence-electron chi connectivity index (χ1n) is 9.16. The van der Waals surface area contributed by atoms with E-state index >= 15 is 0 Å². The van der Waals surface area contributed by atoms with Crippen molar-refractivity contribution in [3.05, 3.63) is 59.7 Å². The number of hydrogen-bond acceptors (Lipinski definition) is 6. The van der Waals surface area contributed by atoms with E-state index in [4.69, 9.17) is 9.47 Å². The Kier molecular flexibility index (Phi) is 8.45. The third-order valence-electron chi connectivity index (χ3n) is 4.34. The summed E-state index contributed by atoms with van der Waals surface area (Å²) < 4.78 is 10.4. The smallest absolute Gasteiger partial charge is 0.253 e. The van der Waals surface area contributed by atoms with Crippen LogP contribution in [-0.4, -0.2) is 49.3 Å². The van der Waals surface area contributed by atoms with Crippen LogP contribution in [0.2, 0.25) is 0 Å². The number of carbonyl (C=O) groups excluding carboxylic acids is 2. The number of hydrogen-bond donors (Lipinski definition) is 4. The summed E-state index contributed by atoms with van der Waals surface area (Å²) >= 11 is 0. The highest BCUT2D eigenvalue weighted by Gasteiger charge is 2.23. The van der Waals surface area contributed by atoms with Crippen LogP contribution in [0.3, 0.4) is 0 Å². The number of para-hydroxylation sites is 2. The van der Waals surface area contributed by atoms with Gasteiger partial charge in [0.05, 0.1) is 0 Å². The summed E-state index contributed by atoms with van der Waals surface area (Å²) in [5.41, 5.74) is 0.762. The Balaban J connectivity index is 1.80. The van der Waals surface area contributed by atoms with Crippen molar-refractivity contribution in [2.75, 3.05) is 27.3 Å². The molecule has 0 heterocycles. The monoisotopic (exact) mass is 402 g/mol. The number of nitrogens with one attached hydrogen (secondary N) is 2. The lowest BCUT2D eigenvalue weighted by Crippen LogP contribution is -2.35. The van der Waals surface area contributed by atoms with Crippen LogP contribution in [0, 0.1) is 0 Å². The van der Waals surface area contributed by atoms with Crippen LogP contribution >= 0.6 is 0 Å². The topological polar surface area (TPSA) is 117 Å². The molecule has 0 aromatic heterocycles. The molecule has 0 saturated carbocycles. The van der Waals surface area contributed by atoms with Crippen molar-refractivity contribution >= 4 is 11.8 Å². The summed E-state index contributed by atoms with van der Waals surface area (Å²) in [6.07, 6.45) is -1.37. The molecular weight excluding hydrogens is 376 g/mol. The Morgan fingerprint density at radius 3 is 1.52 bits per heavy atom. The van der Waals surface area contributed by atoms with E-state index in [-0.39, 0.29) is 23.3 Å². The second-order valence-electron chi connectivity index (χ2n) is 6.28. The molecule has 0 bridgehead atoms. The van der Waals surface area contributed by atoms with Gasteiger partial charge in [-0.25, -0.2) is 0 Å². The lowest BCUT2D eigenvalue weighted by molar-refractivity contribution is -0.131. The number of ether oxygens (including phenoxy) is 2. The Bertz CT molecular complexity index is 759. The second kappa shape index (κ2) is 11.0. The molecule has 0 fully saturated rings. The van der Waals surface area contributed by atoms with E-state index in [1.165, 1.54) is 26.4 Å². The fourth-order valence-corrected chi connectivity index (χ4v) is 2.87. The minimum atomic E-state index is -0.926. The van der Waals surface area contributed by atoms with Gasteiger partial charge >= 0.3 is 0 Å². The van der Waals surface area contributed by atoms with E-state index in [9.17, 15) is 19.8 Å². The van der Waals surface area contributed by atoms with Gasteiger partial charge in [0.25, 0.3) is 11.8 Å². The van der Waals surface area contributed by atoms with Crippen molar-refractivity contribution < 1.29 is 29.3 Å². The molecule has 2 aromatic rings. The van der Waals surface area contributed by atoms with Gasteiger partial charge in [-0.1, -0.05) is 36.4 Å². The van der Waals surface area contributed by atoms with Crippen LogP contribution < -0.4 is 10.6 Å². The number of phenols is 2. The first-order chi connectivity index (χ1) is 14.0. The molecule has 0 aliphatic rings. The molecule has 0 spiro atoms. The van der Waals surface area contributed by atoms with E-state index in [1.807, 2.05) is 0 Å².